The van der Waals surface area contributed by atoms with Gasteiger partial charge in [0.2, 0.25) is 0 Å². The van der Waals surface area contributed by atoms with Crippen molar-refractivity contribution in [3.05, 3.63) is 59.2 Å². The molecule has 0 spiro atoms. The third kappa shape index (κ3) is 2.89. The van der Waals surface area contributed by atoms with Gasteiger partial charge in [-0.3, -0.25) is 14.5 Å². The maximum Gasteiger partial charge on any atom is 0.261 e. The standard InChI is InChI=1S/C19H17N3O3S/c23-18-14-5-1-2-6-15(14)19(24)22(18)11-10-20-9-8-13-4-3-7-16-17(13)26(25)12-21-16/h1-7,12,20H,8-11H2. The molecule has 0 aliphatic carbocycles. The lowest BCUT2D eigenvalue weighted by molar-refractivity contribution is 0.0655. The molecule has 4 rings (SSSR count). The van der Waals surface area contributed by atoms with E-state index in [9.17, 15) is 13.8 Å². The zero-order valence-corrected chi connectivity index (χ0v) is 14.8. The minimum absolute atomic E-state index is 0.235. The molecule has 1 unspecified atom stereocenters. The Kier molecular flexibility index (Phi) is 4.48. The smallest absolute Gasteiger partial charge is 0.261 e. The first-order chi connectivity index (χ1) is 12.7. The van der Waals surface area contributed by atoms with Crippen LogP contribution in [0.5, 0.6) is 0 Å². The van der Waals surface area contributed by atoms with Crippen LogP contribution in [0.3, 0.4) is 0 Å². The Morgan fingerprint density at radius 1 is 0.962 bits per heavy atom. The number of fused-ring (bicyclic) bond motifs is 2. The van der Waals surface area contributed by atoms with Crippen molar-refractivity contribution < 1.29 is 13.8 Å². The normalized spacial score (nSPS) is 17.7. The van der Waals surface area contributed by atoms with Gasteiger partial charge in [-0.2, -0.15) is 0 Å². The molecule has 0 saturated heterocycles. The zero-order chi connectivity index (χ0) is 18.1. The second kappa shape index (κ2) is 6.93. The summed E-state index contributed by atoms with van der Waals surface area (Å²) in [5.41, 5.74) is 4.18. The molecule has 7 heteroatoms. The average molecular weight is 367 g/mol. The molecule has 1 atom stereocenters. The molecule has 0 fully saturated rings. The van der Waals surface area contributed by atoms with Crippen LogP contribution in [0.15, 0.2) is 52.4 Å². The van der Waals surface area contributed by atoms with E-state index in [0.717, 1.165) is 16.1 Å². The first-order valence-electron chi connectivity index (χ1n) is 8.39. The van der Waals surface area contributed by atoms with Gasteiger partial charge < -0.3 is 5.32 Å². The number of hydrogen-bond donors (Lipinski definition) is 1. The number of carbonyl (C=O) groups is 2. The summed E-state index contributed by atoms with van der Waals surface area (Å²) < 4.78 is 12.0. The highest BCUT2D eigenvalue weighted by Gasteiger charge is 2.34. The number of rotatable bonds is 6. The van der Waals surface area contributed by atoms with E-state index in [1.165, 1.54) is 10.4 Å². The van der Waals surface area contributed by atoms with Gasteiger partial charge in [0.05, 0.1) is 38.1 Å². The second-order valence-corrected chi connectivity index (χ2v) is 7.32. The highest BCUT2D eigenvalue weighted by molar-refractivity contribution is 7.99. The van der Waals surface area contributed by atoms with Gasteiger partial charge in [-0.15, -0.1) is 0 Å². The van der Waals surface area contributed by atoms with Crippen molar-refractivity contribution in [3.63, 3.8) is 0 Å². The van der Waals surface area contributed by atoms with E-state index in [-0.39, 0.29) is 11.8 Å². The molecule has 0 saturated carbocycles. The van der Waals surface area contributed by atoms with Gasteiger partial charge in [0.15, 0.2) is 0 Å². The Balaban J connectivity index is 1.30. The predicted molar refractivity (Wildman–Crippen MR) is 99.4 cm³/mol. The fourth-order valence-corrected chi connectivity index (χ4v) is 4.31. The molecular weight excluding hydrogens is 350 g/mol. The van der Waals surface area contributed by atoms with Gasteiger partial charge in [0, 0.05) is 13.1 Å². The molecular formula is C19H17N3O3S. The van der Waals surface area contributed by atoms with Crippen LogP contribution in [-0.2, 0) is 17.2 Å². The van der Waals surface area contributed by atoms with Crippen LogP contribution in [0.4, 0.5) is 5.69 Å². The molecule has 2 aromatic rings. The van der Waals surface area contributed by atoms with Crippen molar-refractivity contribution in [1.29, 1.82) is 0 Å². The predicted octanol–water partition coefficient (Wildman–Crippen LogP) is 1.90. The van der Waals surface area contributed by atoms with Gasteiger partial charge >= 0.3 is 0 Å². The molecule has 26 heavy (non-hydrogen) atoms. The Bertz CT molecular complexity index is 920. The highest BCUT2D eigenvalue weighted by atomic mass is 32.2. The summed E-state index contributed by atoms with van der Waals surface area (Å²) in [6.07, 6.45) is 0.709. The number of nitrogens with one attached hydrogen (secondary N) is 1. The van der Waals surface area contributed by atoms with Gasteiger partial charge in [-0.25, -0.2) is 9.20 Å². The largest absolute Gasteiger partial charge is 0.315 e. The van der Waals surface area contributed by atoms with Gasteiger partial charge in [0.1, 0.15) is 0 Å². The number of amides is 2. The van der Waals surface area contributed by atoms with E-state index in [4.69, 9.17) is 0 Å². The fraction of sp³-hybridized carbons (Fsp3) is 0.211. The van der Waals surface area contributed by atoms with Crippen LogP contribution < -0.4 is 5.32 Å². The third-order valence-electron chi connectivity index (χ3n) is 4.53. The number of hydrogen-bond acceptors (Lipinski definition) is 5. The maximum absolute atomic E-state index is 12.3. The van der Waals surface area contributed by atoms with Crippen LogP contribution in [0.2, 0.25) is 0 Å². The third-order valence-corrected chi connectivity index (χ3v) is 5.70. The molecule has 2 heterocycles. The van der Waals surface area contributed by atoms with Crippen molar-refractivity contribution in [2.24, 2.45) is 4.99 Å². The van der Waals surface area contributed by atoms with Crippen molar-refractivity contribution in [3.8, 4) is 0 Å². The average Bonchev–Trinajstić information content (AvgIpc) is 3.15. The fourth-order valence-electron chi connectivity index (χ4n) is 3.24. The maximum atomic E-state index is 12.3. The number of carbonyl (C=O) groups excluding carboxylic acids is 2. The lowest BCUT2D eigenvalue weighted by Crippen LogP contribution is -2.36. The van der Waals surface area contributed by atoms with Gasteiger partial charge in [-0.1, -0.05) is 24.3 Å². The summed E-state index contributed by atoms with van der Waals surface area (Å²) in [5.74, 6) is -0.471. The van der Waals surface area contributed by atoms with Crippen LogP contribution >= 0.6 is 0 Å². The van der Waals surface area contributed by atoms with Crippen LogP contribution in [0, 0.1) is 0 Å². The first kappa shape index (κ1) is 16.8. The van der Waals surface area contributed by atoms with Crippen molar-refractivity contribution in [2.75, 3.05) is 19.6 Å². The van der Waals surface area contributed by atoms with E-state index in [1.54, 1.807) is 24.3 Å². The minimum atomic E-state index is -1.17. The number of imide groups is 1. The first-order valence-corrected chi connectivity index (χ1v) is 9.61. The molecule has 2 amide bonds. The Labute approximate surface area is 153 Å². The Morgan fingerprint density at radius 2 is 1.69 bits per heavy atom. The molecule has 6 nitrogen and oxygen atoms in total. The molecule has 132 valence electrons. The number of benzene rings is 2. The SMILES string of the molecule is O=C1c2ccccc2C(=O)N1CCNCCc1cccc2c1S(=O)C=N2. The molecule has 0 aromatic heterocycles. The Morgan fingerprint density at radius 3 is 2.42 bits per heavy atom. The summed E-state index contributed by atoms with van der Waals surface area (Å²) in [5, 5.41) is 3.25. The lowest BCUT2D eigenvalue weighted by Gasteiger charge is -2.14. The quantitative estimate of drug-likeness (QED) is 0.625. The van der Waals surface area contributed by atoms with Crippen LogP contribution in [0.1, 0.15) is 26.3 Å². The molecule has 0 radical (unpaired) electrons. The van der Waals surface area contributed by atoms with E-state index in [0.29, 0.717) is 37.2 Å². The van der Waals surface area contributed by atoms with Crippen molar-refractivity contribution in [1.82, 2.24) is 10.2 Å². The van der Waals surface area contributed by atoms with E-state index >= 15 is 0 Å². The highest BCUT2D eigenvalue weighted by Crippen LogP contribution is 2.30. The molecule has 2 aliphatic heterocycles. The monoisotopic (exact) mass is 367 g/mol. The summed E-state index contributed by atoms with van der Waals surface area (Å²) >= 11 is 0. The molecule has 1 N–H and O–H groups in total. The topological polar surface area (TPSA) is 78.8 Å². The van der Waals surface area contributed by atoms with E-state index in [2.05, 4.69) is 10.3 Å². The lowest BCUT2D eigenvalue weighted by atomic mass is 10.1. The summed E-state index contributed by atoms with van der Waals surface area (Å²) in [4.78, 5) is 30.8. The van der Waals surface area contributed by atoms with Crippen molar-refractivity contribution >= 4 is 33.8 Å². The van der Waals surface area contributed by atoms with Gasteiger partial charge in [0.25, 0.3) is 11.8 Å². The molecule has 0 bridgehead atoms. The van der Waals surface area contributed by atoms with E-state index in [1.807, 2.05) is 18.2 Å². The molecule has 2 aromatic carbocycles. The van der Waals surface area contributed by atoms with Crippen molar-refractivity contribution in [2.45, 2.75) is 11.3 Å². The number of aliphatic imine (C=N–C) groups is 1. The molecule has 2 aliphatic rings. The van der Waals surface area contributed by atoms with Crippen LogP contribution in [0.25, 0.3) is 0 Å². The summed E-state index contributed by atoms with van der Waals surface area (Å²) in [6, 6.07) is 12.6. The second-order valence-electron chi connectivity index (χ2n) is 6.10. The number of nitrogens with zero attached hydrogens (tertiary/aromatic N) is 2. The zero-order valence-electron chi connectivity index (χ0n) is 14.0. The van der Waals surface area contributed by atoms with E-state index < -0.39 is 10.8 Å². The summed E-state index contributed by atoms with van der Waals surface area (Å²) in [7, 11) is -1.17. The van der Waals surface area contributed by atoms with Crippen LogP contribution in [-0.4, -0.2) is 46.1 Å². The van der Waals surface area contributed by atoms with Gasteiger partial charge in [-0.05, 0) is 36.7 Å². The minimum Gasteiger partial charge on any atom is -0.315 e. The summed E-state index contributed by atoms with van der Waals surface area (Å²) in [6.45, 7) is 1.51. The Hall–Kier alpha value is -2.64.